The fourth-order valence-electron chi connectivity index (χ4n) is 6.69. The van der Waals surface area contributed by atoms with Crippen molar-refractivity contribution in [2.75, 3.05) is 6.61 Å². The highest BCUT2D eigenvalue weighted by Gasteiger charge is 2.51. The summed E-state index contributed by atoms with van der Waals surface area (Å²) in [5, 5.41) is 20.2. The molecular formula is C39H49N5O7S. The number of aliphatic hydroxyl groups is 1. The molecule has 6 unspecified atom stereocenters. The first kappa shape index (κ1) is 38.8. The number of ether oxygens (including phenoxy) is 1. The van der Waals surface area contributed by atoms with E-state index in [1.165, 1.54) is 16.2 Å². The molecule has 2 fully saturated rings. The third-order valence-electron chi connectivity index (χ3n) is 9.56. The molecule has 0 aliphatic carbocycles. The SMILES string of the molecule is CC(C)CC(NC(=O)C(Cc1ccccc1)N1C(=O)C(NC(=O)C(CCc2ccccc2)NC(=O)Cc2csc(CO)n2)CC1C)C(=O)C1(C)CO1. The number of aliphatic hydroxyl groups excluding tert-OH is 1. The van der Waals surface area contributed by atoms with Crippen LogP contribution in [0, 0.1) is 5.92 Å². The van der Waals surface area contributed by atoms with Gasteiger partial charge in [-0.05, 0) is 56.6 Å². The van der Waals surface area contributed by atoms with E-state index in [4.69, 9.17) is 4.74 Å². The van der Waals surface area contributed by atoms with Gasteiger partial charge in [0.15, 0.2) is 5.78 Å². The molecule has 3 heterocycles. The summed E-state index contributed by atoms with van der Waals surface area (Å²) in [5.74, 6) is -1.84. The average molecular weight is 732 g/mol. The topological polar surface area (TPSA) is 170 Å². The third-order valence-corrected chi connectivity index (χ3v) is 10.4. The molecule has 6 atom stereocenters. The smallest absolute Gasteiger partial charge is 0.246 e. The third kappa shape index (κ3) is 10.1. The number of aryl methyl sites for hydroxylation is 1. The molecular weight excluding hydrogens is 683 g/mol. The lowest BCUT2D eigenvalue weighted by atomic mass is 9.92. The summed E-state index contributed by atoms with van der Waals surface area (Å²) in [5.41, 5.74) is 1.39. The number of hydrogen-bond donors (Lipinski definition) is 4. The maximum atomic E-state index is 14.2. The molecule has 13 heteroatoms. The van der Waals surface area contributed by atoms with Crippen molar-refractivity contribution in [2.24, 2.45) is 5.92 Å². The normalized spacial score (nSPS) is 21.3. The van der Waals surface area contributed by atoms with Crippen LogP contribution in [0.15, 0.2) is 66.0 Å². The Balaban J connectivity index is 1.32. The summed E-state index contributed by atoms with van der Waals surface area (Å²) in [6.07, 6.45) is 1.61. The van der Waals surface area contributed by atoms with Crippen LogP contribution >= 0.6 is 11.3 Å². The molecule has 4 amide bonds. The zero-order chi connectivity index (χ0) is 37.4. The van der Waals surface area contributed by atoms with Crippen LogP contribution in [-0.4, -0.2) is 86.8 Å². The Morgan fingerprint density at radius 3 is 2.25 bits per heavy atom. The van der Waals surface area contributed by atoms with E-state index in [1.807, 2.05) is 81.4 Å². The number of amides is 4. The van der Waals surface area contributed by atoms with Crippen LogP contribution < -0.4 is 16.0 Å². The van der Waals surface area contributed by atoms with E-state index in [0.29, 0.717) is 30.2 Å². The van der Waals surface area contributed by atoms with Crippen LogP contribution in [0.3, 0.4) is 0 Å². The number of rotatable bonds is 18. The predicted octanol–water partition coefficient (Wildman–Crippen LogP) is 2.90. The van der Waals surface area contributed by atoms with Crippen molar-refractivity contribution in [1.82, 2.24) is 25.8 Å². The summed E-state index contributed by atoms with van der Waals surface area (Å²) in [6.45, 7) is 7.59. The second-order valence-corrected chi connectivity index (χ2v) is 15.3. The van der Waals surface area contributed by atoms with Gasteiger partial charge in [-0.1, -0.05) is 74.5 Å². The Kier molecular flexibility index (Phi) is 12.9. The van der Waals surface area contributed by atoms with Crippen molar-refractivity contribution in [3.05, 3.63) is 87.9 Å². The summed E-state index contributed by atoms with van der Waals surface area (Å²) in [6, 6.07) is 14.9. The van der Waals surface area contributed by atoms with Crippen LogP contribution in [0.1, 0.15) is 68.8 Å². The van der Waals surface area contributed by atoms with Gasteiger partial charge < -0.3 is 30.7 Å². The average Bonchev–Trinajstić information content (AvgIpc) is 3.61. The molecule has 2 aromatic carbocycles. The first-order valence-corrected chi connectivity index (χ1v) is 18.8. The van der Waals surface area contributed by atoms with Gasteiger partial charge in [0, 0.05) is 17.8 Å². The molecule has 3 aromatic rings. The number of epoxide rings is 1. The molecule has 12 nitrogen and oxygen atoms in total. The van der Waals surface area contributed by atoms with Gasteiger partial charge in [-0.25, -0.2) is 4.98 Å². The Bertz CT molecular complexity index is 1710. The van der Waals surface area contributed by atoms with Gasteiger partial charge in [-0.2, -0.15) is 0 Å². The van der Waals surface area contributed by atoms with Gasteiger partial charge in [0.05, 0.1) is 31.4 Å². The molecule has 52 heavy (non-hydrogen) atoms. The van der Waals surface area contributed by atoms with E-state index >= 15 is 0 Å². The number of likely N-dealkylation sites (tertiary alicyclic amines) is 1. The molecule has 0 saturated carbocycles. The summed E-state index contributed by atoms with van der Waals surface area (Å²) in [4.78, 5) is 74.5. The lowest BCUT2D eigenvalue weighted by Gasteiger charge is -2.33. The standard InChI is InChI=1S/C39H49N5O7S/c1-24(2)17-30(35(47)39(4)23-51-39)42-37(49)32(19-27-13-9-6-10-14-27)44-25(3)18-31(38(44)50)43-36(48)29(16-15-26-11-7-5-8-12-26)41-33(46)20-28-22-52-34(21-45)40-28/h5-14,22,24-25,29-32,45H,15-21,23H2,1-4H3,(H,41,46)(H,42,49)(H,43,48). The number of aromatic nitrogens is 1. The van der Waals surface area contributed by atoms with Gasteiger partial charge in [0.1, 0.15) is 28.7 Å². The van der Waals surface area contributed by atoms with Crippen LogP contribution in [0.25, 0.3) is 0 Å². The highest BCUT2D eigenvalue weighted by molar-refractivity contribution is 7.09. The first-order valence-electron chi connectivity index (χ1n) is 17.9. The minimum atomic E-state index is -0.947. The van der Waals surface area contributed by atoms with Gasteiger partial charge in [-0.3, -0.25) is 24.0 Å². The molecule has 2 aliphatic heterocycles. The highest BCUT2D eigenvalue weighted by Crippen LogP contribution is 2.30. The maximum absolute atomic E-state index is 14.2. The monoisotopic (exact) mass is 731 g/mol. The lowest BCUT2D eigenvalue weighted by Crippen LogP contribution is -2.57. The number of Topliss-reactive ketones (excluding diaryl/α,β-unsaturated/α-hetero) is 1. The molecule has 5 rings (SSSR count). The summed E-state index contributed by atoms with van der Waals surface area (Å²) >= 11 is 1.25. The first-order chi connectivity index (χ1) is 24.9. The number of benzene rings is 2. The Hall–Kier alpha value is -4.46. The molecule has 2 aliphatic rings. The number of carbonyl (C=O) groups is 5. The zero-order valence-corrected chi connectivity index (χ0v) is 31.0. The number of hydrogen-bond acceptors (Lipinski definition) is 9. The van der Waals surface area contributed by atoms with E-state index in [9.17, 15) is 29.1 Å². The molecule has 4 N–H and O–H groups in total. The number of thiazole rings is 1. The Morgan fingerprint density at radius 1 is 1.00 bits per heavy atom. The van der Waals surface area contributed by atoms with Crippen LogP contribution in [0.2, 0.25) is 0 Å². The molecule has 0 bridgehead atoms. The van der Waals surface area contributed by atoms with Crippen molar-refractivity contribution in [1.29, 1.82) is 0 Å². The van der Waals surface area contributed by atoms with E-state index in [-0.39, 0.29) is 44.0 Å². The quantitative estimate of drug-likeness (QED) is 0.145. The largest absolute Gasteiger partial charge is 0.389 e. The fourth-order valence-corrected chi connectivity index (χ4v) is 7.34. The minimum Gasteiger partial charge on any atom is -0.389 e. The zero-order valence-electron chi connectivity index (χ0n) is 30.2. The highest BCUT2D eigenvalue weighted by atomic mass is 32.1. The van der Waals surface area contributed by atoms with Crippen molar-refractivity contribution in [2.45, 2.75) is 109 Å². The lowest BCUT2D eigenvalue weighted by molar-refractivity contribution is -0.142. The molecule has 2 saturated heterocycles. The molecule has 0 spiro atoms. The van der Waals surface area contributed by atoms with Gasteiger partial charge in [0.2, 0.25) is 23.6 Å². The minimum absolute atomic E-state index is 0.0688. The van der Waals surface area contributed by atoms with Crippen LogP contribution in [0.5, 0.6) is 0 Å². The number of nitrogens with one attached hydrogen (secondary N) is 3. The summed E-state index contributed by atoms with van der Waals surface area (Å²) in [7, 11) is 0. The van der Waals surface area contributed by atoms with Crippen LogP contribution in [-0.2, 0) is 54.6 Å². The van der Waals surface area contributed by atoms with Gasteiger partial charge in [0.25, 0.3) is 0 Å². The predicted molar refractivity (Wildman–Crippen MR) is 196 cm³/mol. The van der Waals surface area contributed by atoms with Crippen molar-refractivity contribution >= 4 is 40.7 Å². The van der Waals surface area contributed by atoms with E-state index < -0.39 is 59.4 Å². The van der Waals surface area contributed by atoms with E-state index in [2.05, 4.69) is 20.9 Å². The number of ketones is 1. The molecule has 0 radical (unpaired) electrons. The van der Waals surface area contributed by atoms with Gasteiger partial charge >= 0.3 is 0 Å². The fraction of sp³-hybridized carbons (Fsp3) is 0.487. The van der Waals surface area contributed by atoms with E-state index in [1.54, 1.807) is 12.3 Å². The molecule has 1 aromatic heterocycles. The van der Waals surface area contributed by atoms with Crippen molar-refractivity contribution in [3.8, 4) is 0 Å². The van der Waals surface area contributed by atoms with Crippen LogP contribution in [0.4, 0.5) is 0 Å². The molecule has 278 valence electrons. The van der Waals surface area contributed by atoms with Crippen molar-refractivity contribution < 1.29 is 33.8 Å². The summed E-state index contributed by atoms with van der Waals surface area (Å²) < 4.78 is 5.42. The second-order valence-electron chi connectivity index (χ2n) is 14.4. The van der Waals surface area contributed by atoms with Crippen molar-refractivity contribution in [3.63, 3.8) is 0 Å². The number of carbonyl (C=O) groups excluding carboxylic acids is 5. The second kappa shape index (κ2) is 17.4. The van der Waals surface area contributed by atoms with E-state index in [0.717, 1.165) is 11.1 Å². The van der Waals surface area contributed by atoms with Gasteiger partial charge in [-0.15, -0.1) is 11.3 Å². The Labute approximate surface area is 308 Å². The number of nitrogens with zero attached hydrogens (tertiary/aromatic N) is 2. The maximum Gasteiger partial charge on any atom is 0.246 e. The Morgan fingerprint density at radius 2 is 1.65 bits per heavy atom.